The SMILES string of the molecule is O=C(N/N=C\c1ccc([N+](=O)[O-])cc1)c1c[nH]c2ccccc12. The van der Waals surface area contributed by atoms with Crippen molar-refractivity contribution in [1.82, 2.24) is 10.4 Å². The summed E-state index contributed by atoms with van der Waals surface area (Å²) in [5, 5.41) is 15.3. The standard InChI is InChI=1S/C16H12N4O3/c21-16(14-10-17-15-4-2-1-3-13(14)15)19-18-9-11-5-7-12(8-6-11)20(22)23/h1-10,17H,(H,19,21)/b18-9-. The third-order valence-corrected chi connectivity index (χ3v) is 3.32. The van der Waals surface area contributed by atoms with E-state index < -0.39 is 4.92 Å². The minimum atomic E-state index is -0.473. The van der Waals surface area contributed by atoms with Crippen molar-refractivity contribution >= 4 is 28.7 Å². The molecule has 2 aromatic carbocycles. The largest absolute Gasteiger partial charge is 0.360 e. The fourth-order valence-corrected chi connectivity index (χ4v) is 2.17. The molecule has 0 aliphatic rings. The van der Waals surface area contributed by atoms with Gasteiger partial charge >= 0.3 is 0 Å². The molecule has 0 saturated carbocycles. The molecule has 1 heterocycles. The van der Waals surface area contributed by atoms with Crippen molar-refractivity contribution in [3.05, 3.63) is 76.0 Å². The van der Waals surface area contributed by atoms with Gasteiger partial charge in [-0.15, -0.1) is 0 Å². The van der Waals surface area contributed by atoms with Gasteiger partial charge in [-0.2, -0.15) is 5.10 Å². The second kappa shape index (κ2) is 6.10. The van der Waals surface area contributed by atoms with Crippen molar-refractivity contribution < 1.29 is 9.72 Å². The maximum atomic E-state index is 12.1. The first-order valence-electron chi connectivity index (χ1n) is 6.79. The molecule has 0 aliphatic carbocycles. The number of rotatable bonds is 4. The maximum absolute atomic E-state index is 12.1. The quantitative estimate of drug-likeness (QED) is 0.440. The molecule has 7 nitrogen and oxygen atoms in total. The summed E-state index contributed by atoms with van der Waals surface area (Å²) in [7, 11) is 0. The summed E-state index contributed by atoms with van der Waals surface area (Å²) >= 11 is 0. The van der Waals surface area contributed by atoms with E-state index >= 15 is 0 Å². The van der Waals surface area contributed by atoms with Crippen molar-refractivity contribution in [1.29, 1.82) is 0 Å². The lowest BCUT2D eigenvalue weighted by Gasteiger charge is -1.98. The molecule has 3 rings (SSSR count). The summed E-state index contributed by atoms with van der Waals surface area (Å²) < 4.78 is 0. The summed E-state index contributed by atoms with van der Waals surface area (Å²) in [6.07, 6.45) is 3.05. The predicted molar refractivity (Wildman–Crippen MR) is 86.5 cm³/mol. The van der Waals surface area contributed by atoms with Crippen LogP contribution >= 0.6 is 0 Å². The minimum Gasteiger partial charge on any atom is -0.360 e. The third-order valence-electron chi connectivity index (χ3n) is 3.32. The molecule has 3 aromatic rings. The fraction of sp³-hybridized carbons (Fsp3) is 0. The fourth-order valence-electron chi connectivity index (χ4n) is 2.17. The Hall–Kier alpha value is -3.48. The first-order valence-corrected chi connectivity index (χ1v) is 6.79. The molecule has 2 N–H and O–H groups in total. The number of hydrogen-bond donors (Lipinski definition) is 2. The van der Waals surface area contributed by atoms with E-state index in [2.05, 4.69) is 15.5 Å². The highest BCUT2D eigenvalue weighted by Gasteiger charge is 2.10. The van der Waals surface area contributed by atoms with Crippen LogP contribution in [0.1, 0.15) is 15.9 Å². The number of aromatic amines is 1. The van der Waals surface area contributed by atoms with E-state index in [-0.39, 0.29) is 11.6 Å². The van der Waals surface area contributed by atoms with E-state index in [0.717, 1.165) is 10.9 Å². The van der Waals surface area contributed by atoms with E-state index in [0.29, 0.717) is 11.1 Å². The van der Waals surface area contributed by atoms with Crippen LogP contribution in [0.15, 0.2) is 59.8 Å². The smallest absolute Gasteiger partial charge is 0.273 e. The van der Waals surface area contributed by atoms with Crippen LogP contribution in [0.5, 0.6) is 0 Å². The second-order valence-corrected chi connectivity index (χ2v) is 4.80. The third kappa shape index (κ3) is 3.08. The number of hydrazone groups is 1. The lowest BCUT2D eigenvalue weighted by atomic mass is 10.2. The number of nitro benzene ring substituents is 1. The number of aromatic nitrogens is 1. The molecular formula is C16H12N4O3. The summed E-state index contributed by atoms with van der Waals surface area (Å²) in [5.41, 5.74) is 4.47. The molecule has 0 atom stereocenters. The molecule has 1 aromatic heterocycles. The van der Waals surface area contributed by atoms with Gasteiger partial charge in [0.15, 0.2) is 0 Å². The van der Waals surface area contributed by atoms with Gasteiger partial charge in [0.25, 0.3) is 11.6 Å². The van der Waals surface area contributed by atoms with Gasteiger partial charge in [0.1, 0.15) is 0 Å². The molecule has 0 unspecified atom stereocenters. The van der Waals surface area contributed by atoms with Crippen LogP contribution in [-0.4, -0.2) is 22.0 Å². The van der Waals surface area contributed by atoms with Crippen molar-refractivity contribution in [2.75, 3.05) is 0 Å². The Morgan fingerprint density at radius 2 is 1.91 bits per heavy atom. The van der Waals surface area contributed by atoms with E-state index in [1.54, 1.807) is 18.3 Å². The molecule has 1 amide bonds. The highest BCUT2D eigenvalue weighted by molar-refractivity contribution is 6.06. The molecule has 23 heavy (non-hydrogen) atoms. The van der Waals surface area contributed by atoms with E-state index in [9.17, 15) is 14.9 Å². The topological polar surface area (TPSA) is 100 Å². The average molecular weight is 308 g/mol. The molecule has 0 bridgehead atoms. The van der Waals surface area contributed by atoms with Crippen LogP contribution in [0, 0.1) is 10.1 Å². The second-order valence-electron chi connectivity index (χ2n) is 4.80. The normalized spacial score (nSPS) is 11.0. The Labute approximate surface area is 130 Å². The Morgan fingerprint density at radius 1 is 1.17 bits per heavy atom. The molecule has 0 fully saturated rings. The number of H-pyrrole nitrogens is 1. The monoisotopic (exact) mass is 308 g/mol. The van der Waals surface area contributed by atoms with Crippen LogP contribution in [0.4, 0.5) is 5.69 Å². The number of nitrogens with zero attached hydrogens (tertiary/aromatic N) is 2. The lowest BCUT2D eigenvalue weighted by Crippen LogP contribution is -2.17. The number of non-ortho nitro benzene ring substituents is 1. The van der Waals surface area contributed by atoms with Crippen molar-refractivity contribution in [3.8, 4) is 0 Å². The van der Waals surface area contributed by atoms with Gasteiger partial charge in [0.2, 0.25) is 0 Å². The van der Waals surface area contributed by atoms with Crippen LogP contribution in [0.3, 0.4) is 0 Å². The highest BCUT2D eigenvalue weighted by Crippen LogP contribution is 2.17. The molecular weight excluding hydrogens is 296 g/mol. The maximum Gasteiger partial charge on any atom is 0.273 e. The Morgan fingerprint density at radius 3 is 2.65 bits per heavy atom. The van der Waals surface area contributed by atoms with Crippen LogP contribution in [-0.2, 0) is 0 Å². The molecule has 0 radical (unpaired) electrons. The number of amides is 1. The van der Waals surface area contributed by atoms with Crippen LogP contribution < -0.4 is 5.43 Å². The predicted octanol–water partition coefficient (Wildman–Crippen LogP) is 2.84. The zero-order valence-corrected chi connectivity index (χ0v) is 11.9. The number of fused-ring (bicyclic) bond motifs is 1. The Kier molecular flexibility index (Phi) is 3.84. The van der Waals surface area contributed by atoms with Gasteiger partial charge in [-0.05, 0) is 23.8 Å². The number of carbonyl (C=O) groups excluding carboxylic acids is 1. The number of benzene rings is 2. The van der Waals surface area contributed by atoms with Gasteiger partial charge < -0.3 is 4.98 Å². The molecule has 114 valence electrons. The van der Waals surface area contributed by atoms with E-state index in [4.69, 9.17) is 0 Å². The highest BCUT2D eigenvalue weighted by atomic mass is 16.6. The van der Waals surface area contributed by atoms with Gasteiger partial charge in [0.05, 0.1) is 16.7 Å². The molecule has 0 aliphatic heterocycles. The van der Waals surface area contributed by atoms with Gasteiger partial charge in [0, 0.05) is 29.2 Å². The summed E-state index contributed by atoms with van der Waals surface area (Å²) in [4.78, 5) is 25.2. The van der Waals surface area contributed by atoms with Crippen LogP contribution in [0.25, 0.3) is 10.9 Å². The summed E-state index contributed by atoms with van der Waals surface area (Å²) in [5.74, 6) is -0.333. The first kappa shape index (κ1) is 14.5. The van der Waals surface area contributed by atoms with Crippen molar-refractivity contribution in [2.24, 2.45) is 5.10 Å². The molecule has 7 heteroatoms. The number of carbonyl (C=O) groups is 1. The van der Waals surface area contributed by atoms with Gasteiger partial charge in [-0.1, -0.05) is 18.2 Å². The molecule has 0 saturated heterocycles. The van der Waals surface area contributed by atoms with E-state index in [1.165, 1.54) is 18.3 Å². The van der Waals surface area contributed by atoms with Crippen molar-refractivity contribution in [2.45, 2.75) is 0 Å². The summed E-state index contributed by atoms with van der Waals surface area (Å²) in [6, 6.07) is 13.3. The zero-order chi connectivity index (χ0) is 16.2. The Balaban J connectivity index is 1.70. The van der Waals surface area contributed by atoms with Crippen molar-refractivity contribution in [3.63, 3.8) is 0 Å². The van der Waals surface area contributed by atoms with Crippen LogP contribution in [0.2, 0.25) is 0 Å². The number of nitro groups is 1. The number of para-hydroxylation sites is 1. The zero-order valence-electron chi connectivity index (χ0n) is 11.9. The summed E-state index contributed by atoms with van der Waals surface area (Å²) in [6.45, 7) is 0. The van der Waals surface area contributed by atoms with Gasteiger partial charge in [-0.25, -0.2) is 5.43 Å². The number of nitrogens with one attached hydrogen (secondary N) is 2. The Bertz CT molecular complexity index is 897. The van der Waals surface area contributed by atoms with Gasteiger partial charge in [-0.3, -0.25) is 14.9 Å². The first-order chi connectivity index (χ1) is 11.1. The average Bonchev–Trinajstić information content (AvgIpc) is 2.99. The lowest BCUT2D eigenvalue weighted by molar-refractivity contribution is -0.384. The minimum absolute atomic E-state index is 0.00461. The molecule has 0 spiro atoms. The van der Waals surface area contributed by atoms with E-state index in [1.807, 2.05) is 24.3 Å². The number of hydrogen-bond acceptors (Lipinski definition) is 4.